The number of carbonyl (C=O) groups excluding carboxylic acids is 3. The number of aliphatic imine (C=N–C) groups is 1. The van der Waals surface area contributed by atoms with Crippen LogP contribution in [-0.2, 0) is 9.59 Å². The Morgan fingerprint density at radius 2 is 1.69 bits per heavy atom. The fourth-order valence-corrected chi connectivity index (χ4v) is 4.10. The lowest BCUT2D eigenvalue weighted by atomic mass is 10.0. The minimum atomic E-state index is -0.533. The summed E-state index contributed by atoms with van der Waals surface area (Å²) in [5.74, 6) is -0.0864. The second-order valence-corrected chi connectivity index (χ2v) is 10.1. The van der Waals surface area contributed by atoms with Crippen molar-refractivity contribution in [3.05, 3.63) is 70.9 Å². The van der Waals surface area contributed by atoms with Crippen molar-refractivity contribution in [3.8, 4) is 0 Å². The molecule has 2 aromatic rings. The van der Waals surface area contributed by atoms with E-state index in [1.807, 2.05) is 69.3 Å². The van der Waals surface area contributed by atoms with Crippen LogP contribution >= 0.6 is 11.8 Å². The number of rotatable bonds is 7. The average Bonchev–Trinajstić information content (AvgIpc) is 3.12. The smallest absolute Gasteiger partial charge is 0.321 e. The molecule has 2 N–H and O–H groups in total. The number of thioether (sulfide) groups is 1. The maximum Gasteiger partial charge on any atom is 0.321 e. The molecule has 8 heteroatoms. The second kappa shape index (κ2) is 11.8. The lowest BCUT2D eigenvalue weighted by Gasteiger charge is -2.18. The Kier molecular flexibility index (Phi) is 8.87. The molecular formula is C27H32N4O3S. The lowest BCUT2D eigenvalue weighted by molar-refractivity contribution is -0.117. The van der Waals surface area contributed by atoms with Crippen molar-refractivity contribution in [2.24, 2.45) is 10.9 Å². The average molecular weight is 493 g/mol. The molecule has 1 aliphatic rings. The van der Waals surface area contributed by atoms with Crippen LogP contribution in [0.3, 0.4) is 0 Å². The molecule has 2 aromatic carbocycles. The topological polar surface area (TPSA) is 90.9 Å². The summed E-state index contributed by atoms with van der Waals surface area (Å²) in [6, 6.07) is 15.0. The highest BCUT2D eigenvalue weighted by Gasteiger charge is 2.32. The first kappa shape index (κ1) is 26.2. The van der Waals surface area contributed by atoms with E-state index in [1.165, 1.54) is 10.5 Å². The summed E-state index contributed by atoms with van der Waals surface area (Å²) in [5, 5.41) is 5.35. The summed E-state index contributed by atoms with van der Waals surface area (Å²) in [5.41, 5.74) is 4.12. The molecule has 4 amide bonds. The molecule has 0 radical (unpaired) electrons. The fraction of sp³-hybridized carbons (Fsp3) is 0.333. The van der Waals surface area contributed by atoms with E-state index in [-0.39, 0.29) is 17.6 Å². The third-order valence-corrected chi connectivity index (χ3v) is 6.22. The molecule has 3 rings (SSSR count). The number of hydrogen-bond donors (Lipinski definition) is 2. The molecule has 7 nitrogen and oxygen atoms in total. The van der Waals surface area contributed by atoms with Gasteiger partial charge in [-0.3, -0.25) is 19.8 Å². The number of nitrogens with one attached hydrogen (secondary N) is 2. The van der Waals surface area contributed by atoms with Gasteiger partial charge in [-0.25, -0.2) is 9.79 Å². The third-order valence-electron chi connectivity index (χ3n) is 5.28. The number of hydrogen-bond acceptors (Lipinski definition) is 5. The van der Waals surface area contributed by atoms with Gasteiger partial charge in [0.15, 0.2) is 5.17 Å². The van der Waals surface area contributed by atoms with Crippen molar-refractivity contribution in [1.29, 1.82) is 0 Å². The number of anilines is 1. The first-order chi connectivity index (χ1) is 16.6. The van der Waals surface area contributed by atoms with Gasteiger partial charge in [-0.1, -0.05) is 81.4 Å². The van der Waals surface area contributed by atoms with Crippen LogP contribution in [0.1, 0.15) is 50.3 Å². The number of nitrogens with zero attached hydrogens (tertiary/aromatic N) is 2. The predicted molar refractivity (Wildman–Crippen MR) is 143 cm³/mol. The summed E-state index contributed by atoms with van der Waals surface area (Å²) in [4.78, 5) is 43.6. The molecule has 184 valence electrons. The van der Waals surface area contributed by atoms with Crippen LogP contribution in [0.25, 0.3) is 6.08 Å². The maximum absolute atomic E-state index is 13.3. The van der Waals surface area contributed by atoms with Crippen molar-refractivity contribution < 1.29 is 14.4 Å². The van der Waals surface area contributed by atoms with Crippen molar-refractivity contribution in [3.63, 3.8) is 0 Å². The van der Waals surface area contributed by atoms with Crippen LogP contribution < -0.4 is 15.5 Å². The number of urea groups is 1. The molecule has 0 aliphatic carbocycles. The Bertz CT molecular complexity index is 1140. The van der Waals surface area contributed by atoms with E-state index >= 15 is 0 Å². The number of benzene rings is 2. The normalized spacial score (nSPS) is 14.6. The summed E-state index contributed by atoms with van der Waals surface area (Å²) in [7, 11) is 0. The van der Waals surface area contributed by atoms with Crippen LogP contribution in [-0.4, -0.2) is 35.3 Å². The Morgan fingerprint density at radius 3 is 2.29 bits per heavy atom. The first-order valence-electron chi connectivity index (χ1n) is 11.7. The highest BCUT2D eigenvalue weighted by Crippen LogP contribution is 2.30. The van der Waals surface area contributed by atoms with E-state index in [1.54, 1.807) is 6.08 Å². The molecule has 0 aromatic heterocycles. The molecule has 0 atom stereocenters. The number of amidine groups is 1. The van der Waals surface area contributed by atoms with Gasteiger partial charge in [-0.15, -0.1) is 0 Å². The second-order valence-electron chi connectivity index (χ2n) is 9.16. The number of amides is 4. The van der Waals surface area contributed by atoms with Crippen LogP contribution in [0.5, 0.6) is 0 Å². The molecular weight excluding hydrogens is 460 g/mol. The first-order valence-corrected chi connectivity index (χ1v) is 12.6. The monoisotopic (exact) mass is 492 g/mol. The molecule has 0 unspecified atom stereocenters. The molecule has 1 heterocycles. The van der Waals surface area contributed by atoms with Crippen LogP contribution in [0.4, 0.5) is 10.5 Å². The van der Waals surface area contributed by atoms with Crippen LogP contribution in [0.2, 0.25) is 0 Å². The van der Waals surface area contributed by atoms with Gasteiger partial charge in [0.05, 0.1) is 11.4 Å². The van der Waals surface area contributed by atoms with Crippen molar-refractivity contribution in [2.75, 3.05) is 17.2 Å². The van der Waals surface area contributed by atoms with Gasteiger partial charge in [0.25, 0.3) is 5.91 Å². The van der Waals surface area contributed by atoms with Crippen LogP contribution in [0.15, 0.2) is 59.2 Å². The van der Waals surface area contributed by atoms with E-state index in [0.29, 0.717) is 29.0 Å². The summed E-state index contributed by atoms with van der Waals surface area (Å²) < 4.78 is 0. The van der Waals surface area contributed by atoms with Gasteiger partial charge in [0.1, 0.15) is 5.70 Å². The standard InChI is InChI=1S/C27H32N4O3S/c1-17(2)15-28-26(34)30-24(32)16-35-27-29-23(14-20-8-10-21(11-9-20)18(3)4)25(33)31(27)22-12-6-19(5)7-13-22/h6-14,17-18H,15-16H2,1-5H3,(H2,28,30,32,34)/b23-14-. The SMILES string of the molecule is Cc1ccc(N2C(=O)/C(=C/c3ccc(C(C)C)cc3)N=C2SCC(=O)NC(=O)NCC(C)C)cc1. The largest absolute Gasteiger partial charge is 0.338 e. The van der Waals surface area contributed by atoms with Gasteiger partial charge in [-0.2, -0.15) is 0 Å². The van der Waals surface area contributed by atoms with E-state index < -0.39 is 11.9 Å². The van der Waals surface area contributed by atoms with Gasteiger partial charge >= 0.3 is 6.03 Å². The number of imide groups is 1. The van der Waals surface area contributed by atoms with Crippen molar-refractivity contribution >= 4 is 46.5 Å². The van der Waals surface area contributed by atoms with Gasteiger partial charge in [0.2, 0.25) is 5.91 Å². The third kappa shape index (κ3) is 7.29. The van der Waals surface area contributed by atoms with Gasteiger partial charge < -0.3 is 5.32 Å². The summed E-state index contributed by atoms with van der Waals surface area (Å²) in [6.07, 6.45) is 1.75. The fourth-order valence-electron chi connectivity index (χ4n) is 3.28. The Labute approximate surface area is 211 Å². The summed E-state index contributed by atoms with van der Waals surface area (Å²) in [6.45, 7) is 10.6. The zero-order valence-electron chi connectivity index (χ0n) is 20.8. The zero-order chi connectivity index (χ0) is 25.5. The van der Waals surface area contributed by atoms with E-state index in [4.69, 9.17) is 0 Å². The van der Waals surface area contributed by atoms with E-state index in [2.05, 4.69) is 29.5 Å². The van der Waals surface area contributed by atoms with Crippen molar-refractivity contribution in [2.45, 2.75) is 40.5 Å². The molecule has 0 bridgehead atoms. The van der Waals surface area contributed by atoms with Crippen molar-refractivity contribution in [1.82, 2.24) is 10.6 Å². The Hall–Kier alpha value is -3.39. The van der Waals surface area contributed by atoms with Crippen LogP contribution in [0, 0.1) is 12.8 Å². The molecule has 1 aliphatic heterocycles. The van der Waals surface area contributed by atoms with E-state index in [9.17, 15) is 14.4 Å². The molecule has 0 fully saturated rings. The van der Waals surface area contributed by atoms with E-state index in [0.717, 1.165) is 22.9 Å². The van der Waals surface area contributed by atoms with Gasteiger partial charge in [0, 0.05) is 6.54 Å². The predicted octanol–water partition coefficient (Wildman–Crippen LogP) is 5.08. The molecule has 0 saturated heterocycles. The summed E-state index contributed by atoms with van der Waals surface area (Å²) >= 11 is 1.11. The maximum atomic E-state index is 13.3. The lowest BCUT2D eigenvalue weighted by Crippen LogP contribution is -2.42. The zero-order valence-corrected chi connectivity index (χ0v) is 21.6. The highest BCUT2D eigenvalue weighted by atomic mass is 32.2. The minimum absolute atomic E-state index is 0.0556. The highest BCUT2D eigenvalue weighted by molar-refractivity contribution is 8.14. The van der Waals surface area contributed by atoms with Gasteiger partial charge in [-0.05, 0) is 48.1 Å². The quantitative estimate of drug-likeness (QED) is 0.528. The molecule has 0 spiro atoms. The number of aryl methyl sites for hydroxylation is 1. The Morgan fingerprint density at radius 1 is 1.03 bits per heavy atom. The molecule has 0 saturated carbocycles. The molecule has 35 heavy (non-hydrogen) atoms. The Balaban J connectivity index is 1.79. The number of carbonyl (C=O) groups is 3. The minimum Gasteiger partial charge on any atom is -0.338 e.